The van der Waals surface area contributed by atoms with Crippen molar-refractivity contribution in [2.45, 2.75) is 0 Å². The normalized spacial score (nSPS) is 10.1. The maximum atomic E-state index is 13.5. The fourth-order valence-electron chi connectivity index (χ4n) is 1.11. The summed E-state index contributed by atoms with van der Waals surface area (Å²) in [7, 11) is 0. The smallest absolute Gasteiger partial charge is 0.183 e. The van der Waals surface area contributed by atoms with Crippen LogP contribution in [0.5, 0.6) is 0 Å². The van der Waals surface area contributed by atoms with Gasteiger partial charge in [0.1, 0.15) is 0 Å². The number of aromatic amines is 1. The number of rotatable bonds is 1. The molecule has 0 bridgehead atoms. The van der Waals surface area contributed by atoms with Crippen molar-refractivity contribution < 1.29 is 4.39 Å². The highest BCUT2D eigenvalue weighted by atomic mass is 32.1. The van der Waals surface area contributed by atoms with Gasteiger partial charge < -0.3 is 4.98 Å². The highest BCUT2D eigenvalue weighted by molar-refractivity contribution is 7.71. The minimum atomic E-state index is -0.506. The maximum absolute atomic E-state index is 13.5. The number of nitrogens with one attached hydrogen (secondary N) is 1. The van der Waals surface area contributed by atoms with Crippen molar-refractivity contribution in [2.24, 2.45) is 0 Å². The lowest BCUT2D eigenvalue weighted by Crippen LogP contribution is -1.92. The van der Waals surface area contributed by atoms with Crippen LogP contribution in [0.4, 0.5) is 4.39 Å². The molecule has 0 aliphatic heterocycles. The molecule has 5 heteroatoms. The van der Waals surface area contributed by atoms with E-state index in [0.717, 1.165) is 0 Å². The number of hydrogen-bond donors (Lipinski definition) is 1. The predicted octanol–water partition coefficient (Wildman–Crippen LogP) is 2.34. The lowest BCUT2D eigenvalue weighted by Gasteiger charge is -2.01. The van der Waals surface area contributed by atoms with E-state index in [1.807, 2.05) is 0 Å². The van der Waals surface area contributed by atoms with Gasteiger partial charge in [-0.25, -0.2) is 9.37 Å². The average Bonchev–Trinajstić information content (AvgIpc) is 2.23. The van der Waals surface area contributed by atoms with Crippen LogP contribution in [0.2, 0.25) is 0 Å². The Bertz CT molecular complexity index is 495. The molecule has 3 nitrogen and oxygen atoms in total. The summed E-state index contributed by atoms with van der Waals surface area (Å²) < 4.78 is 13.4. The Labute approximate surface area is 84.7 Å². The average molecular weight is 207 g/mol. The van der Waals surface area contributed by atoms with E-state index in [0.29, 0.717) is 11.3 Å². The van der Waals surface area contributed by atoms with Gasteiger partial charge >= 0.3 is 0 Å². The van der Waals surface area contributed by atoms with Gasteiger partial charge in [0.15, 0.2) is 10.5 Å². The van der Waals surface area contributed by atoms with Crippen LogP contribution in [0.15, 0.2) is 30.9 Å². The third-order valence-electron chi connectivity index (χ3n) is 1.77. The molecular formula is C9H6FN3S. The second kappa shape index (κ2) is 3.63. The van der Waals surface area contributed by atoms with Gasteiger partial charge in [-0.2, -0.15) is 0 Å². The van der Waals surface area contributed by atoms with Crippen molar-refractivity contribution in [1.29, 1.82) is 0 Å². The van der Waals surface area contributed by atoms with Gasteiger partial charge in [0, 0.05) is 18.0 Å². The van der Waals surface area contributed by atoms with Gasteiger partial charge in [0.25, 0.3) is 0 Å². The zero-order valence-electron chi connectivity index (χ0n) is 7.07. The lowest BCUT2D eigenvalue weighted by molar-refractivity contribution is 0.613. The summed E-state index contributed by atoms with van der Waals surface area (Å²) in [6.45, 7) is 0. The van der Waals surface area contributed by atoms with Crippen LogP contribution in [0, 0.1) is 10.5 Å². The minimum Gasteiger partial charge on any atom is -0.343 e. The summed E-state index contributed by atoms with van der Waals surface area (Å²) in [5.41, 5.74) is 1.04. The lowest BCUT2D eigenvalue weighted by atomic mass is 10.2. The topological polar surface area (TPSA) is 41.6 Å². The molecule has 0 aliphatic rings. The quantitative estimate of drug-likeness (QED) is 0.730. The molecule has 0 amide bonds. The molecule has 2 aromatic heterocycles. The maximum Gasteiger partial charge on any atom is 0.183 e. The van der Waals surface area contributed by atoms with Crippen LogP contribution in [0.3, 0.4) is 0 Å². The van der Waals surface area contributed by atoms with Crippen molar-refractivity contribution in [3.8, 4) is 11.3 Å². The third kappa shape index (κ3) is 1.54. The van der Waals surface area contributed by atoms with E-state index in [1.165, 1.54) is 6.33 Å². The molecule has 14 heavy (non-hydrogen) atoms. The van der Waals surface area contributed by atoms with Gasteiger partial charge in [-0.15, -0.1) is 0 Å². The van der Waals surface area contributed by atoms with Crippen molar-refractivity contribution in [3.05, 3.63) is 41.3 Å². The molecular weight excluding hydrogens is 201 g/mol. The van der Waals surface area contributed by atoms with Crippen molar-refractivity contribution in [2.75, 3.05) is 0 Å². The molecule has 0 saturated carbocycles. The van der Waals surface area contributed by atoms with Gasteiger partial charge in [0.05, 0.1) is 12.0 Å². The van der Waals surface area contributed by atoms with Crippen LogP contribution in [0.25, 0.3) is 11.3 Å². The number of halogens is 1. The van der Waals surface area contributed by atoms with Crippen LogP contribution in [-0.4, -0.2) is 15.0 Å². The van der Waals surface area contributed by atoms with Crippen molar-refractivity contribution in [3.63, 3.8) is 0 Å². The van der Waals surface area contributed by atoms with Gasteiger partial charge in [-0.05, 0) is 12.1 Å². The molecule has 0 aromatic carbocycles. The monoisotopic (exact) mass is 207 g/mol. The highest BCUT2D eigenvalue weighted by Crippen LogP contribution is 2.18. The van der Waals surface area contributed by atoms with E-state index >= 15 is 0 Å². The number of H-pyrrole nitrogens is 1. The van der Waals surface area contributed by atoms with Gasteiger partial charge in [0.2, 0.25) is 0 Å². The van der Waals surface area contributed by atoms with E-state index in [2.05, 4.69) is 15.0 Å². The Kier molecular flexibility index (Phi) is 2.32. The fraction of sp³-hybridized carbons (Fsp3) is 0. The van der Waals surface area contributed by atoms with Crippen LogP contribution >= 0.6 is 12.2 Å². The summed E-state index contributed by atoms with van der Waals surface area (Å²) in [5, 5.41) is 0. The first-order valence-electron chi connectivity index (χ1n) is 3.92. The zero-order valence-corrected chi connectivity index (χ0v) is 7.88. The van der Waals surface area contributed by atoms with E-state index in [4.69, 9.17) is 12.2 Å². The summed E-state index contributed by atoms with van der Waals surface area (Å²) in [4.78, 5) is 10.2. The Hall–Kier alpha value is -1.62. The molecule has 2 aromatic rings. The number of nitrogens with zero attached hydrogens (tertiary/aromatic N) is 2. The number of aromatic nitrogens is 3. The SMILES string of the molecule is Fc1c(-c2ccncc2)[nH]cnc1=S. The van der Waals surface area contributed by atoms with Gasteiger partial charge in [-0.3, -0.25) is 4.98 Å². The van der Waals surface area contributed by atoms with Crippen molar-refractivity contribution >= 4 is 12.2 Å². The molecule has 0 fully saturated rings. The first-order chi connectivity index (χ1) is 6.79. The molecule has 1 N–H and O–H groups in total. The van der Waals surface area contributed by atoms with E-state index in [1.54, 1.807) is 24.5 Å². The summed E-state index contributed by atoms with van der Waals surface area (Å²) in [6.07, 6.45) is 4.55. The Morgan fingerprint density at radius 1 is 1.29 bits per heavy atom. The largest absolute Gasteiger partial charge is 0.343 e. The number of hydrogen-bond acceptors (Lipinski definition) is 3. The molecule has 2 rings (SSSR count). The molecule has 0 aliphatic carbocycles. The molecule has 0 atom stereocenters. The molecule has 0 unspecified atom stereocenters. The van der Waals surface area contributed by atoms with Crippen LogP contribution in [-0.2, 0) is 0 Å². The molecule has 0 saturated heterocycles. The second-order valence-electron chi connectivity index (χ2n) is 2.63. The summed E-state index contributed by atoms with van der Waals surface area (Å²) in [6, 6.07) is 3.40. The van der Waals surface area contributed by atoms with E-state index in [9.17, 15) is 4.39 Å². The number of pyridine rings is 1. The van der Waals surface area contributed by atoms with Crippen LogP contribution < -0.4 is 0 Å². The standard InChI is InChI=1S/C9H6FN3S/c10-7-8(12-5-13-9(7)14)6-1-3-11-4-2-6/h1-5H,(H,12,13,14). The zero-order chi connectivity index (χ0) is 9.97. The first-order valence-corrected chi connectivity index (χ1v) is 4.33. The minimum absolute atomic E-state index is 0.0319. The molecule has 2 heterocycles. The second-order valence-corrected chi connectivity index (χ2v) is 3.02. The van der Waals surface area contributed by atoms with Crippen molar-refractivity contribution in [1.82, 2.24) is 15.0 Å². The van der Waals surface area contributed by atoms with E-state index in [-0.39, 0.29) is 4.64 Å². The van der Waals surface area contributed by atoms with E-state index < -0.39 is 5.82 Å². The fourth-order valence-corrected chi connectivity index (χ4v) is 1.27. The Balaban J connectivity index is 2.64. The molecule has 0 spiro atoms. The molecule has 0 radical (unpaired) electrons. The third-order valence-corrected chi connectivity index (χ3v) is 2.05. The van der Waals surface area contributed by atoms with Crippen LogP contribution in [0.1, 0.15) is 0 Å². The highest BCUT2D eigenvalue weighted by Gasteiger charge is 2.06. The Morgan fingerprint density at radius 3 is 2.71 bits per heavy atom. The summed E-state index contributed by atoms with van der Waals surface area (Å²) in [5.74, 6) is -0.506. The predicted molar refractivity (Wildman–Crippen MR) is 52.6 cm³/mol. The first kappa shape index (κ1) is 8.96. The van der Waals surface area contributed by atoms with Gasteiger partial charge in [-0.1, -0.05) is 12.2 Å². The Morgan fingerprint density at radius 2 is 2.00 bits per heavy atom. The summed E-state index contributed by atoms with van der Waals surface area (Å²) >= 11 is 4.72. The molecule has 70 valence electrons.